The molecule has 0 aliphatic rings. The fourth-order valence-electron chi connectivity index (χ4n) is 0.955. The first kappa shape index (κ1) is 9.35. The Labute approximate surface area is 91.3 Å². The number of para-hydroxylation sites is 1. The molecule has 0 atom stereocenters. The van der Waals surface area contributed by atoms with Gasteiger partial charge in [0.25, 0.3) is 7.01 Å². The first-order valence-electron chi connectivity index (χ1n) is 3.37. The molecule has 13 heavy (non-hydrogen) atoms. The molecule has 0 aliphatic carbocycles. The lowest BCUT2D eigenvalue weighted by Crippen LogP contribution is -1.86. The van der Waals surface area contributed by atoms with E-state index in [-0.39, 0.29) is 4.34 Å². The number of hydrogen-bond acceptors (Lipinski definition) is 4. The summed E-state index contributed by atoms with van der Waals surface area (Å²) in [6.45, 7) is 0. The lowest BCUT2D eigenvalue weighted by Gasteiger charge is -1.82. The molecule has 0 bridgehead atoms. The van der Waals surface area contributed by atoms with Crippen LogP contribution in [0.3, 0.4) is 0 Å². The molecule has 1 aromatic heterocycles. The first-order valence-corrected chi connectivity index (χ1v) is 8.22. The van der Waals surface area contributed by atoms with E-state index in [9.17, 15) is 8.42 Å². The molecule has 0 saturated carbocycles. The van der Waals surface area contributed by atoms with E-state index in [0.29, 0.717) is 0 Å². The maximum Gasteiger partial charge on any atom is 0.257 e. The van der Waals surface area contributed by atoms with Crippen molar-refractivity contribution in [2.45, 2.75) is 4.34 Å². The highest BCUT2D eigenvalue weighted by atomic mass is 127. The van der Waals surface area contributed by atoms with Gasteiger partial charge in [-0.1, -0.05) is 12.1 Å². The van der Waals surface area contributed by atoms with Crippen LogP contribution in [0.2, 0.25) is 0 Å². The topological polar surface area (TPSA) is 47.0 Å². The monoisotopic (exact) mass is 325 g/mol. The Bertz CT molecular complexity index is 513. The van der Waals surface area contributed by atoms with Crippen LogP contribution in [0.15, 0.2) is 28.6 Å². The number of thiazole rings is 1. The number of aromatic nitrogens is 1. The van der Waals surface area contributed by atoms with E-state index in [1.807, 2.05) is 18.2 Å². The van der Waals surface area contributed by atoms with Crippen molar-refractivity contribution < 1.29 is 8.42 Å². The quantitative estimate of drug-likeness (QED) is 0.598. The highest BCUT2D eigenvalue weighted by molar-refractivity contribution is 14.2. The van der Waals surface area contributed by atoms with E-state index >= 15 is 0 Å². The summed E-state index contributed by atoms with van der Waals surface area (Å²) < 4.78 is 23.4. The molecule has 1 aromatic carbocycles. The van der Waals surface area contributed by atoms with Gasteiger partial charge in [-0.15, -0.1) is 11.3 Å². The van der Waals surface area contributed by atoms with E-state index in [1.165, 1.54) is 32.5 Å². The van der Waals surface area contributed by atoms with Crippen LogP contribution >= 0.6 is 32.5 Å². The van der Waals surface area contributed by atoms with Crippen molar-refractivity contribution in [3.8, 4) is 0 Å². The molecular weight excluding hydrogens is 321 g/mol. The second kappa shape index (κ2) is 3.18. The summed E-state index contributed by atoms with van der Waals surface area (Å²) >= 11 is 2.60. The third kappa shape index (κ3) is 1.84. The third-order valence-corrected chi connectivity index (χ3v) is 5.88. The van der Waals surface area contributed by atoms with E-state index in [1.54, 1.807) is 6.07 Å². The molecule has 0 radical (unpaired) electrons. The predicted molar refractivity (Wildman–Crippen MR) is 60.8 cm³/mol. The van der Waals surface area contributed by atoms with Crippen molar-refractivity contribution in [2.75, 3.05) is 0 Å². The molecule has 0 unspecified atom stereocenters. The number of halogens is 1. The number of rotatable bonds is 1. The molecule has 3 nitrogen and oxygen atoms in total. The Morgan fingerprint density at radius 2 is 2.00 bits per heavy atom. The smallest absolute Gasteiger partial charge is 0.224 e. The van der Waals surface area contributed by atoms with Crippen molar-refractivity contribution in [1.29, 1.82) is 0 Å². The summed E-state index contributed by atoms with van der Waals surface area (Å²) in [6, 6.07) is 7.37. The van der Waals surface area contributed by atoms with Crippen LogP contribution in [0.25, 0.3) is 10.2 Å². The molecule has 0 saturated heterocycles. The Balaban J connectivity index is 2.77. The van der Waals surface area contributed by atoms with E-state index in [4.69, 9.17) is 0 Å². The fourth-order valence-corrected chi connectivity index (χ4v) is 3.63. The lowest BCUT2D eigenvalue weighted by molar-refractivity contribution is 0.612. The fraction of sp³-hybridized carbons (Fsp3) is 0. The predicted octanol–water partition coefficient (Wildman–Crippen LogP) is 2.42. The minimum atomic E-state index is -3.19. The number of fused-ring (bicyclic) bond motifs is 1. The van der Waals surface area contributed by atoms with E-state index in [0.717, 1.165) is 10.2 Å². The Morgan fingerprint density at radius 3 is 2.62 bits per heavy atom. The first-order chi connectivity index (χ1) is 6.07. The summed E-state index contributed by atoms with van der Waals surface area (Å²) in [5, 5.41) is 0. The van der Waals surface area contributed by atoms with Gasteiger partial charge in [-0.25, -0.2) is 13.4 Å². The highest BCUT2D eigenvalue weighted by Gasteiger charge is 2.14. The van der Waals surface area contributed by atoms with Crippen molar-refractivity contribution in [1.82, 2.24) is 4.98 Å². The normalized spacial score (nSPS) is 12.1. The summed E-state index contributed by atoms with van der Waals surface area (Å²) in [5.74, 6) is 0. The van der Waals surface area contributed by atoms with Gasteiger partial charge in [0.1, 0.15) is 0 Å². The second-order valence-corrected chi connectivity index (χ2v) is 8.42. The van der Waals surface area contributed by atoms with Crippen molar-refractivity contribution in [3.63, 3.8) is 0 Å². The molecule has 2 aromatic rings. The highest BCUT2D eigenvalue weighted by Crippen LogP contribution is 2.28. The van der Waals surface area contributed by atoms with Gasteiger partial charge in [0.2, 0.25) is 4.34 Å². The largest absolute Gasteiger partial charge is 0.257 e. The number of hydrogen-bond donors (Lipinski definition) is 0. The van der Waals surface area contributed by atoms with Crippen LogP contribution < -0.4 is 0 Å². The zero-order chi connectivity index (χ0) is 9.47. The average molecular weight is 325 g/mol. The third-order valence-electron chi connectivity index (χ3n) is 1.48. The maximum absolute atomic E-state index is 11.1. The van der Waals surface area contributed by atoms with Gasteiger partial charge in [-0.2, -0.15) is 0 Å². The van der Waals surface area contributed by atoms with Gasteiger partial charge in [0.05, 0.1) is 31.4 Å². The van der Waals surface area contributed by atoms with Crippen LogP contribution in [-0.4, -0.2) is 13.4 Å². The number of nitrogens with zero attached hydrogens (tertiary/aromatic N) is 1. The minimum absolute atomic E-state index is 0.175. The molecular formula is C7H4INO2S2. The second-order valence-electron chi connectivity index (χ2n) is 2.39. The molecule has 0 aliphatic heterocycles. The van der Waals surface area contributed by atoms with Gasteiger partial charge in [0.15, 0.2) is 0 Å². The minimum Gasteiger partial charge on any atom is -0.224 e. The summed E-state index contributed by atoms with van der Waals surface area (Å²) in [6.07, 6.45) is 0. The molecule has 0 spiro atoms. The standard InChI is InChI=1S/C7H4INO2S2/c8-13(10,11)7-9-5-3-1-2-4-6(5)12-7/h1-4H. The van der Waals surface area contributed by atoms with Crippen LogP contribution in [-0.2, 0) is 7.01 Å². The lowest BCUT2D eigenvalue weighted by atomic mass is 10.3. The van der Waals surface area contributed by atoms with Crippen molar-refractivity contribution in [2.24, 2.45) is 0 Å². The molecule has 0 fully saturated rings. The van der Waals surface area contributed by atoms with Gasteiger partial charge in [-0.05, 0) is 12.1 Å². The average Bonchev–Trinajstić information content (AvgIpc) is 2.45. The molecule has 0 N–H and O–H groups in total. The Morgan fingerprint density at radius 1 is 1.31 bits per heavy atom. The zero-order valence-corrected chi connectivity index (χ0v) is 10.1. The van der Waals surface area contributed by atoms with Crippen LogP contribution in [0.5, 0.6) is 0 Å². The Hall–Kier alpha value is -0.210. The molecule has 0 amide bonds. The van der Waals surface area contributed by atoms with Crippen molar-refractivity contribution >= 4 is 49.8 Å². The summed E-state index contributed by atoms with van der Waals surface area (Å²) in [7, 11) is -3.19. The molecule has 1 heterocycles. The van der Waals surface area contributed by atoms with Crippen LogP contribution in [0, 0.1) is 0 Å². The molecule has 2 rings (SSSR count). The van der Waals surface area contributed by atoms with Crippen LogP contribution in [0.4, 0.5) is 0 Å². The summed E-state index contributed by atoms with van der Waals surface area (Å²) in [5.41, 5.74) is 0.739. The number of benzene rings is 1. The van der Waals surface area contributed by atoms with Gasteiger partial charge < -0.3 is 0 Å². The Kier molecular flexibility index (Phi) is 2.28. The van der Waals surface area contributed by atoms with Gasteiger partial charge in [0, 0.05) is 0 Å². The zero-order valence-electron chi connectivity index (χ0n) is 6.27. The van der Waals surface area contributed by atoms with Gasteiger partial charge in [-0.3, -0.25) is 0 Å². The van der Waals surface area contributed by atoms with Crippen molar-refractivity contribution in [3.05, 3.63) is 24.3 Å². The SMILES string of the molecule is O=S(=O)(I)c1nc2ccccc2s1. The van der Waals surface area contributed by atoms with E-state index in [2.05, 4.69) is 4.98 Å². The van der Waals surface area contributed by atoms with Crippen LogP contribution in [0.1, 0.15) is 0 Å². The van der Waals surface area contributed by atoms with E-state index < -0.39 is 7.01 Å². The maximum atomic E-state index is 11.1. The van der Waals surface area contributed by atoms with Gasteiger partial charge >= 0.3 is 0 Å². The molecule has 68 valence electrons. The summed E-state index contributed by atoms with van der Waals surface area (Å²) in [4.78, 5) is 4.01. The molecule has 6 heteroatoms.